The maximum atomic E-state index is 13.7. The molecule has 2 aromatic rings. The maximum absolute atomic E-state index is 13.7. The highest BCUT2D eigenvalue weighted by Gasteiger charge is 2.52. The second-order valence-corrected chi connectivity index (χ2v) is 8.73. The molecule has 0 bridgehead atoms. The number of benzene rings is 2. The first kappa shape index (κ1) is 25.2. The lowest BCUT2D eigenvalue weighted by Gasteiger charge is -2.29. The first-order valence-corrected chi connectivity index (χ1v) is 11.3. The van der Waals surface area contributed by atoms with Crippen LogP contribution in [0.25, 0.3) is 0 Å². The molecule has 1 N–H and O–H groups in total. The number of likely N-dealkylation sites (tertiary alicyclic amines) is 1. The molecule has 1 aliphatic rings. The van der Waals surface area contributed by atoms with E-state index >= 15 is 0 Å². The molecule has 0 saturated carbocycles. The Morgan fingerprint density at radius 3 is 2.29 bits per heavy atom. The highest BCUT2D eigenvalue weighted by atomic mass is 16.5. The van der Waals surface area contributed by atoms with E-state index in [-0.39, 0.29) is 0 Å². The third-order valence-electron chi connectivity index (χ3n) is 6.20. The number of methoxy groups -OCH3 is 3. The van der Waals surface area contributed by atoms with E-state index in [1.165, 1.54) is 24.0 Å². The van der Waals surface area contributed by atoms with Crippen molar-refractivity contribution in [3.63, 3.8) is 0 Å². The van der Waals surface area contributed by atoms with Crippen molar-refractivity contribution in [2.45, 2.75) is 19.4 Å². The Morgan fingerprint density at radius 2 is 1.71 bits per heavy atom. The van der Waals surface area contributed by atoms with Gasteiger partial charge in [-0.2, -0.15) is 0 Å². The van der Waals surface area contributed by atoms with Crippen LogP contribution in [0.5, 0.6) is 17.2 Å². The summed E-state index contributed by atoms with van der Waals surface area (Å²) in [5, 5.41) is 0. The fourth-order valence-corrected chi connectivity index (χ4v) is 4.53. The van der Waals surface area contributed by atoms with Gasteiger partial charge in [0.2, 0.25) is 5.78 Å². The first-order valence-electron chi connectivity index (χ1n) is 11.3. The Bertz CT molecular complexity index is 1080. The SMILES string of the molecule is COc1ccc(C(=O)C2C(=O)C(=O)N(CCC[NH+](C)C)C2c2cccc(OC)c2OC)cc1C. The number of ether oxygens (including phenoxy) is 3. The molecule has 2 aromatic carbocycles. The van der Waals surface area contributed by atoms with Crippen molar-refractivity contribution in [1.82, 2.24) is 4.90 Å². The van der Waals surface area contributed by atoms with Gasteiger partial charge in [-0.15, -0.1) is 0 Å². The number of ketones is 2. The molecule has 3 rings (SSSR count). The third-order valence-corrected chi connectivity index (χ3v) is 6.20. The minimum absolute atomic E-state index is 0.353. The van der Waals surface area contributed by atoms with Crippen molar-refractivity contribution >= 4 is 17.5 Å². The Labute approximate surface area is 200 Å². The van der Waals surface area contributed by atoms with Crippen LogP contribution in [0.1, 0.15) is 33.9 Å². The van der Waals surface area contributed by atoms with Gasteiger partial charge < -0.3 is 24.0 Å². The molecule has 8 heteroatoms. The second kappa shape index (κ2) is 10.7. The molecule has 8 nitrogen and oxygen atoms in total. The number of amides is 1. The Morgan fingerprint density at radius 1 is 1.00 bits per heavy atom. The van der Waals surface area contributed by atoms with E-state index in [4.69, 9.17) is 14.2 Å². The van der Waals surface area contributed by atoms with Crippen molar-refractivity contribution in [2.24, 2.45) is 5.92 Å². The summed E-state index contributed by atoms with van der Waals surface area (Å²) in [5.41, 5.74) is 1.70. The van der Waals surface area contributed by atoms with E-state index in [0.717, 1.165) is 12.1 Å². The predicted octanol–water partition coefficient (Wildman–Crippen LogP) is 1.51. The lowest BCUT2D eigenvalue weighted by molar-refractivity contribution is -0.858. The summed E-state index contributed by atoms with van der Waals surface area (Å²) in [6.07, 6.45) is 0.687. The normalized spacial score (nSPS) is 17.9. The zero-order chi connectivity index (χ0) is 25.0. The Kier molecular flexibility index (Phi) is 7.94. The second-order valence-electron chi connectivity index (χ2n) is 8.73. The number of para-hydroxylation sites is 1. The molecule has 1 amide bonds. The van der Waals surface area contributed by atoms with Crippen molar-refractivity contribution in [1.29, 1.82) is 0 Å². The van der Waals surface area contributed by atoms with Crippen molar-refractivity contribution in [2.75, 3.05) is 48.5 Å². The first-order chi connectivity index (χ1) is 16.2. The molecule has 0 aliphatic carbocycles. The fourth-order valence-electron chi connectivity index (χ4n) is 4.53. The summed E-state index contributed by atoms with van der Waals surface area (Å²) in [6, 6.07) is 9.51. The summed E-state index contributed by atoms with van der Waals surface area (Å²) >= 11 is 0. The van der Waals surface area contributed by atoms with E-state index in [9.17, 15) is 14.4 Å². The molecule has 1 saturated heterocycles. The van der Waals surface area contributed by atoms with Crippen LogP contribution in [-0.4, -0.2) is 70.9 Å². The van der Waals surface area contributed by atoms with Gasteiger partial charge in [0.15, 0.2) is 17.3 Å². The summed E-state index contributed by atoms with van der Waals surface area (Å²) in [7, 11) is 8.63. The number of rotatable bonds is 10. The molecule has 182 valence electrons. The van der Waals surface area contributed by atoms with Crippen LogP contribution < -0.4 is 19.1 Å². The van der Waals surface area contributed by atoms with Gasteiger partial charge in [0, 0.05) is 24.1 Å². The van der Waals surface area contributed by atoms with Crippen molar-refractivity contribution in [3.05, 3.63) is 53.1 Å². The number of hydrogen-bond acceptors (Lipinski definition) is 6. The molecule has 2 unspecified atom stereocenters. The van der Waals surface area contributed by atoms with Gasteiger partial charge in [0.1, 0.15) is 11.7 Å². The van der Waals surface area contributed by atoms with Gasteiger partial charge >= 0.3 is 0 Å². The predicted molar refractivity (Wildman–Crippen MR) is 127 cm³/mol. The van der Waals surface area contributed by atoms with Crippen molar-refractivity contribution < 1.29 is 33.5 Å². The van der Waals surface area contributed by atoms with Crippen LogP contribution in [-0.2, 0) is 9.59 Å². The molecule has 2 atom stereocenters. The lowest BCUT2D eigenvalue weighted by atomic mass is 9.85. The minimum Gasteiger partial charge on any atom is -0.496 e. The van der Waals surface area contributed by atoms with Crippen LogP contribution in [0.3, 0.4) is 0 Å². The van der Waals surface area contributed by atoms with E-state index in [2.05, 4.69) is 0 Å². The fraction of sp³-hybridized carbons (Fsp3) is 0.423. The minimum atomic E-state index is -1.19. The number of carbonyl (C=O) groups excluding carboxylic acids is 3. The monoisotopic (exact) mass is 469 g/mol. The highest BCUT2D eigenvalue weighted by molar-refractivity contribution is 6.44. The van der Waals surface area contributed by atoms with Crippen LogP contribution in [0.15, 0.2) is 36.4 Å². The van der Waals surface area contributed by atoms with Crippen LogP contribution in [0.2, 0.25) is 0 Å². The zero-order valence-corrected chi connectivity index (χ0v) is 20.6. The zero-order valence-electron chi connectivity index (χ0n) is 20.6. The molecular weight excluding hydrogens is 436 g/mol. The van der Waals surface area contributed by atoms with E-state index in [1.807, 2.05) is 21.0 Å². The highest BCUT2D eigenvalue weighted by Crippen LogP contribution is 2.45. The topological polar surface area (TPSA) is 86.6 Å². The van der Waals surface area contributed by atoms with Crippen LogP contribution in [0, 0.1) is 12.8 Å². The summed E-state index contributed by atoms with van der Waals surface area (Å²) < 4.78 is 16.4. The van der Waals surface area contributed by atoms with E-state index in [1.54, 1.807) is 43.5 Å². The van der Waals surface area contributed by atoms with Gasteiger partial charge in [-0.1, -0.05) is 12.1 Å². The molecule has 34 heavy (non-hydrogen) atoms. The largest absolute Gasteiger partial charge is 0.496 e. The molecule has 1 aliphatic heterocycles. The average Bonchev–Trinajstić information content (AvgIpc) is 3.07. The number of quaternary nitrogens is 1. The molecule has 0 aromatic heterocycles. The van der Waals surface area contributed by atoms with Gasteiger partial charge in [-0.25, -0.2) is 0 Å². The smallest absolute Gasteiger partial charge is 0.291 e. The molecule has 0 spiro atoms. The molecule has 1 heterocycles. The van der Waals surface area contributed by atoms with Gasteiger partial charge in [-0.05, 0) is 36.8 Å². The maximum Gasteiger partial charge on any atom is 0.291 e. The number of carbonyl (C=O) groups is 3. The molecule has 1 fully saturated rings. The van der Waals surface area contributed by atoms with E-state index in [0.29, 0.717) is 41.3 Å². The van der Waals surface area contributed by atoms with Gasteiger partial charge in [0.25, 0.3) is 5.91 Å². The number of hydrogen-bond donors (Lipinski definition) is 1. The lowest BCUT2D eigenvalue weighted by Crippen LogP contribution is -3.05. The molecule has 0 radical (unpaired) electrons. The summed E-state index contributed by atoms with van der Waals surface area (Å²) in [5.74, 6) is -1.42. The number of nitrogens with zero attached hydrogens (tertiary/aromatic N) is 1. The summed E-state index contributed by atoms with van der Waals surface area (Å²) in [4.78, 5) is 42.9. The quantitative estimate of drug-likeness (QED) is 0.323. The average molecular weight is 470 g/mol. The number of aryl methyl sites for hydroxylation is 1. The van der Waals surface area contributed by atoms with Crippen LogP contribution in [0.4, 0.5) is 0 Å². The Balaban J connectivity index is 2.11. The van der Waals surface area contributed by atoms with Gasteiger partial charge in [0.05, 0.1) is 48.0 Å². The molecular formula is C26H33N2O6+. The third kappa shape index (κ3) is 4.77. The Hall–Kier alpha value is -3.39. The number of nitrogens with one attached hydrogen (secondary N) is 1. The van der Waals surface area contributed by atoms with E-state index < -0.39 is 29.4 Å². The van der Waals surface area contributed by atoms with Gasteiger partial charge in [-0.3, -0.25) is 14.4 Å². The standard InChI is InChI=1S/C26H32N2O6/c1-16-15-17(11-12-19(16)32-4)23(29)21-22(18-9-7-10-20(33-5)25(18)34-6)28(26(31)24(21)30)14-8-13-27(2)3/h7,9-12,15,21-22H,8,13-14H2,1-6H3/p+1. The number of Topliss-reactive ketones (excluding diaryl/α,β-unsaturated/α-hetero) is 2. The van der Waals surface area contributed by atoms with Crippen LogP contribution >= 0.6 is 0 Å². The van der Waals surface area contributed by atoms with Crippen molar-refractivity contribution in [3.8, 4) is 17.2 Å². The summed E-state index contributed by atoms with van der Waals surface area (Å²) in [6.45, 7) is 3.00.